The first-order valence-electron chi connectivity index (χ1n) is 5.93. The molecular weight excluding hydrogens is 236 g/mol. The third-order valence-electron chi connectivity index (χ3n) is 2.96. The van der Waals surface area contributed by atoms with Crippen LogP contribution in [0.4, 0.5) is 11.4 Å². The summed E-state index contributed by atoms with van der Waals surface area (Å²) in [5, 5.41) is 23.1. The highest BCUT2D eigenvalue weighted by atomic mass is 16.6. The number of ether oxygens (including phenoxy) is 1. The zero-order valence-electron chi connectivity index (χ0n) is 9.96. The van der Waals surface area contributed by atoms with Crippen molar-refractivity contribution < 1.29 is 14.8 Å². The van der Waals surface area contributed by atoms with E-state index in [1.807, 2.05) is 0 Å². The van der Waals surface area contributed by atoms with Gasteiger partial charge in [-0.25, -0.2) is 0 Å². The lowest BCUT2D eigenvalue weighted by Crippen LogP contribution is -2.30. The summed E-state index contributed by atoms with van der Waals surface area (Å²) in [6.07, 6.45) is 1.90. The Morgan fingerprint density at radius 3 is 3.00 bits per heavy atom. The van der Waals surface area contributed by atoms with Crippen LogP contribution >= 0.6 is 0 Å². The molecule has 0 aliphatic carbocycles. The minimum atomic E-state index is -0.439. The number of aliphatic hydroxyl groups excluding tert-OH is 1. The average molecular weight is 252 g/mol. The third kappa shape index (κ3) is 2.96. The summed E-state index contributed by atoms with van der Waals surface area (Å²) in [6, 6.07) is 4.82. The minimum Gasteiger partial charge on any atom is -0.392 e. The van der Waals surface area contributed by atoms with Crippen molar-refractivity contribution in [3.63, 3.8) is 0 Å². The van der Waals surface area contributed by atoms with Gasteiger partial charge in [-0.1, -0.05) is 6.07 Å². The summed E-state index contributed by atoms with van der Waals surface area (Å²) in [5.41, 5.74) is 1.01. The molecule has 18 heavy (non-hydrogen) atoms. The second-order valence-corrected chi connectivity index (χ2v) is 4.33. The van der Waals surface area contributed by atoms with Crippen LogP contribution in [0.1, 0.15) is 18.4 Å². The highest BCUT2D eigenvalue weighted by molar-refractivity contribution is 5.63. The third-order valence-corrected chi connectivity index (χ3v) is 2.96. The number of nitro benzene ring substituents is 1. The van der Waals surface area contributed by atoms with Crippen LogP contribution in [0.2, 0.25) is 0 Å². The van der Waals surface area contributed by atoms with Crippen LogP contribution in [0.15, 0.2) is 18.2 Å². The van der Waals surface area contributed by atoms with Crippen LogP contribution in [-0.2, 0) is 11.3 Å². The Balaban J connectivity index is 2.17. The molecule has 0 radical (unpaired) electrons. The van der Waals surface area contributed by atoms with E-state index in [9.17, 15) is 10.1 Å². The van der Waals surface area contributed by atoms with E-state index in [1.165, 1.54) is 6.07 Å². The molecule has 6 nitrogen and oxygen atoms in total. The molecular formula is C12H16N2O4. The molecule has 6 heteroatoms. The van der Waals surface area contributed by atoms with E-state index in [0.717, 1.165) is 19.4 Å². The van der Waals surface area contributed by atoms with Gasteiger partial charge in [-0.15, -0.1) is 0 Å². The van der Waals surface area contributed by atoms with Crippen molar-refractivity contribution in [1.82, 2.24) is 0 Å². The number of nitrogens with one attached hydrogen (secondary N) is 1. The summed E-state index contributed by atoms with van der Waals surface area (Å²) in [6.45, 7) is 1.12. The Hall–Kier alpha value is -1.66. The van der Waals surface area contributed by atoms with Crippen LogP contribution < -0.4 is 5.32 Å². The summed E-state index contributed by atoms with van der Waals surface area (Å²) in [7, 11) is 0. The average Bonchev–Trinajstić information content (AvgIpc) is 2.40. The largest absolute Gasteiger partial charge is 0.392 e. The Morgan fingerprint density at radius 2 is 2.39 bits per heavy atom. The van der Waals surface area contributed by atoms with Gasteiger partial charge in [0.25, 0.3) is 5.69 Å². The maximum Gasteiger partial charge on any atom is 0.292 e. The predicted molar refractivity (Wildman–Crippen MR) is 66.5 cm³/mol. The smallest absolute Gasteiger partial charge is 0.292 e. The molecule has 1 aromatic rings. The maximum atomic E-state index is 11.0. The van der Waals surface area contributed by atoms with Crippen molar-refractivity contribution in [3.8, 4) is 0 Å². The molecule has 1 atom stereocenters. The van der Waals surface area contributed by atoms with Crippen LogP contribution in [-0.4, -0.2) is 29.3 Å². The Morgan fingerprint density at radius 1 is 1.56 bits per heavy atom. The van der Waals surface area contributed by atoms with Crippen LogP contribution in [0.25, 0.3) is 0 Å². The van der Waals surface area contributed by atoms with Crippen molar-refractivity contribution >= 4 is 11.4 Å². The van der Waals surface area contributed by atoms with Crippen molar-refractivity contribution in [3.05, 3.63) is 33.9 Å². The van der Waals surface area contributed by atoms with Gasteiger partial charge in [-0.2, -0.15) is 0 Å². The molecule has 1 heterocycles. The van der Waals surface area contributed by atoms with E-state index < -0.39 is 4.92 Å². The van der Waals surface area contributed by atoms with Crippen molar-refractivity contribution in [2.45, 2.75) is 25.5 Å². The molecule has 2 N–H and O–H groups in total. The maximum absolute atomic E-state index is 11.0. The normalized spacial score (nSPS) is 19.5. The molecule has 0 saturated carbocycles. The van der Waals surface area contributed by atoms with E-state index in [-0.39, 0.29) is 18.3 Å². The molecule has 1 aliphatic rings. The second-order valence-electron chi connectivity index (χ2n) is 4.33. The van der Waals surface area contributed by atoms with Crippen molar-refractivity contribution in [2.75, 3.05) is 18.5 Å². The van der Waals surface area contributed by atoms with Gasteiger partial charge in [0.05, 0.1) is 18.1 Å². The van der Waals surface area contributed by atoms with Crippen LogP contribution in [0.5, 0.6) is 0 Å². The first kappa shape index (κ1) is 12.8. The van der Waals surface area contributed by atoms with E-state index >= 15 is 0 Å². The number of aliphatic hydroxyl groups is 1. The molecule has 0 aromatic heterocycles. The molecule has 1 saturated heterocycles. The van der Waals surface area contributed by atoms with Gasteiger partial charge in [0.15, 0.2) is 0 Å². The standard InChI is InChI=1S/C12H16N2O4/c15-7-9-3-4-11(12(6-9)14(16)17)13-10-2-1-5-18-8-10/h3-4,6,10,13,15H,1-2,5,7-8H2. The fraction of sp³-hybridized carbons (Fsp3) is 0.500. The summed E-state index contributed by atoms with van der Waals surface area (Å²) < 4.78 is 5.33. The molecule has 0 amide bonds. The second kappa shape index (κ2) is 5.79. The number of benzene rings is 1. The van der Waals surface area contributed by atoms with Crippen molar-refractivity contribution in [2.24, 2.45) is 0 Å². The van der Waals surface area contributed by atoms with Gasteiger partial charge in [-0.05, 0) is 24.5 Å². The topological polar surface area (TPSA) is 84.6 Å². The minimum absolute atomic E-state index is 0.00729. The molecule has 98 valence electrons. The highest BCUT2D eigenvalue weighted by Crippen LogP contribution is 2.27. The Kier molecular flexibility index (Phi) is 4.11. The molecule has 1 aliphatic heterocycles. The quantitative estimate of drug-likeness (QED) is 0.629. The number of hydrogen-bond donors (Lipinski definition) is 2. The molecule has 0 bridgehead atoms. The number of hydrogen-bond acceptors (Lipinski definition) is 5. The Labute approximate surface area is 105 Å². The molecule has 1 aromatic carbocycles. The number of anilines is 1. The first-order valence-corrected chi connectivity index (χ1v) is 5.93. The zero-order chi connectivity index (χ0) is 13.0. The SMILES string of the molecule is O=[N+]([O-])c1cc(CO)ccc1NC1CCCOC1. The van der Waals surface area contributed by atoms with Gasteiger partial charge in [0.1, 0.15) is 5.69 Å². The fourth-order valence-electron chi connectivity index (χ4n) is 2.02. The lowest BCUT2D eigenvalue weighted by Gasteiger charge is -2.24. The highest BCUT2D eigenvalue weighted by Gasteiger charge is 2.19. The van der Waals surface area contributed by atoms with Gasteiger partial charge in [0, 0.05) is 18.7 Å². The van der Waals surface area contributed by atoms with Gasteiger partial charge < -0.3 is 15.2 Å². The van der Waals surface area contributed by atoms with E-state index in [2.05, 4.69) is 5.32 Å². The summed E-state index contributed by atoms with van der Waals surface area (Å²) in [4.78, 5) is 10.5. The van der Waals surface area contributed by atoms with E-state index in [0.29, 0.717) is 17.9 Å². The van der Waals surface area contributed by atoms with Gasteiger partial charge in [0.2, 0.25) is 0 Å². The monoisotopic (exact) mass is 252 g/mol. The number of nitrogens with zero attached hydrogens (tertiary/aromatic N) is 1. The molecule has 1 fully saturated rings. The van der Waals surface area contributed by atoms with Gasteiger partial charge in [-0.3, -0.25) is 10.1 Å². The first-order chi connectivity index (χ1) is 8.70. The zero-order valence-corrected chi connectivity index (χ0v) is 9.96. The predicted octanol–water partition coefficient (Wildman–Crippen LogP) is 1.68. The number of nitro groups is 1. The molecule has 2 rings (SSSR count). The molecule has 1 unspecified atom stereocenters. The van der Waals surface area contributed by atoms with Crippen LogP contribution in [0.3, 0.4) is 0 Å². The summed E-state index contributed by atoms with van der Waals surface area (Å²) in [5.74, 6) is 0. The fourth-order valence-corrected chi connectivity index (χ4v) is 2.02. The van der Waals surface area contributed by atoms with Crippen LogP contribution in [0, 0.1) is 10.1 Å². The lowest BCUT2D eigenvalue weighted by atomic mass is 10.1. The summed E-state index contributed by atoms with van der Waals surface area (Å²) >= 11 is 0. The van der Waals surface area contributed by atoms with E-state index in [4.69, 9.17) is 9.84 Å². The van der Waals surface area contributed by atoms with Gasteiger partial charge >= 0.3 is 0 Å². The van der Waals surface area contributed by atoms with Crippen molar-refractivity contribution in [1.29, 1.82) is 0 Å². The lowest BCUT2D eigenvalue weighted by molar-refractivity contribution is -0.384. The van der Waals surface area contributed by atoms with E-state index in [1.54, 1.807) is 12.1 Å². The number of rotatable bonds is 4. The Bertz CT molecular complexity index is 430. The molecule has 0 spiro atoms.